The number of likely N-dealkylation sites (N-methyl/N-ethyl adjacent to an activating group) is 1. The van der Waals surface area contributed by atoms with Crippen LogP contribution in [0.4, 0.5) is 0 Å². The van der Waals surface area contributed by atoms with E-state index >= 15 is 0 Å². The molecule has 0 radical (unpaired) electrons. The molecule has 2 aromatic heterocycles. The first-order valence-electron chi connectivity index (χ1n) is 5.67. The Balaban J connectivity index is 2.00. The number of hydrogen-bond donors (Lipinski definition) is 1. The minimum Gasteiger partial charge on any atom is -0.464 e. The highest BCUT2D eigenvalue weighted by Crippen LogP contribution is 2.19. The lowest BCUT2D eigenvalue weighted by Gasteiger charge is -2.19. The number of aryl methyl sites for hydroxylation is 1. The quantitative estimate of drug-likeness (QED) is 0.921. The van der Waals surface area contributed by atoms with Gasteiger partial charge in [0.1, 0.15) is 17.6 Å². The predicted octanol–water partition coefficient (Wildman–Crippen LogP) is 2.31. The van der Waals surface area contributed by atoms with Gasteiger partial charge in [0.05, 0.1) is 6.54 Å². The maximum atomic E-state index is 12.1. The van der Waals surface area contributed by atoms with Crippen molar-refractivity contribution in [1.29, 1.82) is 0 Å². The number of rotatable bonds is 4. The second-order valence-corrected chi connectivity index (χ2v) is 5.18. The molecular weight excluding hydrogens is 248 g/mol. The van der Waals surface area contributed by atoms with Gasteiger partial charge >= 0.3 is 0 Å². The summed E-state index contributed by atoms with van der Waals surface area (Å²) in [6, 6.07) is 6.93. The summed E-state index contributed by atoms with van der Waals surface area (Å²) in [6.07, 6.45) is 0. The van der Waals surface area contributed by atoms with Crippen LogP contribution in [0, 0.1) is 6.92 Å². The van der Waals surface area contributed by atoms with E-state index in [-0.39, 0.29) is 5.91 Å². The molecule has 0 saturated carbocycles. The van der Waals surface area contributed by atoms with Crippen LogP contribution in [-0.2, 0) is 11.3 Å². The normalized spacial score (nSPS) is 12.4. The van der Waals surface area contributed by atoms with Crippen LogP contribution in [0.1, 0.15) is 22.4 Å². The number of furan rings is 1. The van der Waals surface area contributed by atoms with Crippen LogP contribution in [0.25, 0.3) is 0 Å². The highest BCUT2D eigenvalue weighted by molar-refractivity contribution is 7.10. The molecule has 2 rings (SSSR count). The maximum Gasteiger partial charge on any atom is 0.245 e. The minimum atomic E-state index is -0.592. The molecule has 2 heterocycles. The van der Waals surface area contributed by atoms with E-state index in [0.29, 0.717) is 6.54 Å². The lowest BCUT2D eigenvalue weighted by Crippen LogP contribution is -2.34. The van der Waals surface area contributed by atoms with Crippen molar-refractivity contribution >= 4 is 17.2 Å². The number of nitrogens with zero attached hydrogens (tertiary/aromatic N) is 1. The summed E-state index contributed by atoms with van der Waals surface area (Å²) in [4.78, 5) is 14.6. The van der Waals surface area contributed by atoms with Gasteiger partial charge in [0, 0.05) is 11.9 Å². The van der Waals surface area contributed by atoms with E-state index < -0.39 is 6.04 Å². The van der Waals surface area contributed by atoms with Gasteiger partial charge in [0.15, 0.2) is 0 Å². The highest BCUT2D eigenvalue weighted by Gasteiger charge is 2.21. The Morgan fingerprint density at radius 1 is 1.50 bits per heavy atom. The number of hydrogen-bond acceptors (Lipinski definition) is 4. The van der Waals surface area contributed by atoms with Gasteiger partial charge in [0.25, 0.3) is 0 Å². The zero-order valence-corrected chi connectivity index (χ0v) is 11.2. The van der Waals surface area contributed by atoms with Crippen molar-refractivity contribution in [3.63, 3.8) is 0 Å². The van der Waals surface area contributed by atoms with Gasteiger partial charge in [0.2, 0.25) is 5.91 Å². The molecule has 2 aromatic rings. The number of nitrogens with two attached hydrogens (primary N) is 1. The molecule has 5 heteroatoms. The van der Waals surface area contributed by atoms with Crippen LogP contribution in [0.2, 0.25) is 0 Å². The number of carbonyl (C=O) groups excluding carboxylic acids is 1. The number of carbonyl (C=O) groups is 1. The van der Waals surface area contributed by atoms with Crippen molar-refractivity contribution < 1.29 is 9.21 Å². The topological polar surface area (TPSA) is 59.5 Å². The summed E-state index contributed by atoms with van der Waals surface area (Å²) in [5.74, 6) is 1.50. The molecule has 0 saturated heterocycles. The van der Waals surface area contributed by atoms with Gasteiger partial charge in [-0.2, -0.15) is 0 Å². The van der Waals surface area contributed by atoms with Crippen LogP contribution in [0.5, 0.6) is 0 Å². The molecule has 0 fully saturated rings. The maximum absolute atomic E-state index is 12.1. The molecule has 1 atom stereocenters. The largest absolute Gasteiger partial charge is 0.464 e. The molecule has 0 aliphatic heterocycles. The van der Waals surface area contributed by atoms with Crippen LogP contribution in [0.3, 0.4) is 0 Å². The van der Waals surface area contributed by atoms with Crippen LogP contribution in [0.15, 0.2) is 34.1 Å². The zero-order valence-electron chi connectivity index (χ0n) is 10.4. The Morgan fingerprint density at radius 2 is 2.28 bits per heavy atom. The van der Waals surface area contributed by atoms with E-state index in [1.165, 1.54) is 11.3 Å². The van der Waals surface area contributed by atoms with Crippen molar-refractivity contribution in [2.45, 2.75) is 19.5 Å². The van der Waals surface area contributed by atoms with E-state index in [2.05, 4.69) is 0 Å². The standard InChI is InChI=1S/C13H16N2O2S/c1-9-5-6-10(17-9)8-15(2)13(16)12(14)11-4-3-7-18-11/h3-7,12H,8,14H2,1-2H3. The molecule has 0 spiro atoms. The Morgan fingerprint density at radius 3 is 2.83 bits per heavy atom. The minimum absolute atomic E-state index is 0.105. The summed E-state index contributed by atoms with van der Waals surface area (Å²) in [5.41, 5.74) is 5.93. The van der Waals surface area contributed by atoms with E-state index in [1.54, 1.807) is 11.9 Å². The summed E-state index contributed by atoms with van der Waals surface area (Å²) in [5, 5.41) is 1.92. The van der Waals surface area contributed by atoms with Crippen molar-refractivity contribution in [3.8, 4) is 0 Å². The predicted molar refractivity (Wildman–Crippen MR) is 71.2 cm³/mol. The molecule has 1 amide bonds. The Labute approximate surface area is 110 Å². The van der Waals surface area contributed by atoms with Crippen molar-refractivity contribution in [3.05, 3.63) is 46.0 Å². The van der Waals surface area contributed by atoms with E-state index in [1.807, 2.05) is 36.6 Å². The van der Waals surface area contributed by atoms with E-state index in [9.17, 15) is 4.79 Å². The van der Waals surface area contributed by atoms with Crippen LogP contribution < -0.4 is 5.73 Å². The summed E-state index contributed by atoms with van der Waals surface area (Å²) >= 11 is 1.49. The lowest BCUT2D eigenvalue weighted by molar-refractivity contribution is -0.132. The molecule has 18 heavy (non-hydrogen) atoms. The Hall–Kier alpha value is -1.59. The first-order chi connectivity index (χ1) is 8.58. The molecule has 0 aromatic carbocycles. The molecule has 0 bridgehead atoms. The van der Waals surface area contributed by atoms with Crippen molar-refractivity contribution in [1.82, 2.24) is 4.90 Å². The molecule has 4 nitrogen and oxygen atoms in total. The fourth-order valence-electron chi connectivity index (χ4n) is 1.71. The van der Waals surface area contributed by atoms with Crippen molar-refractivity contribution in [2.24, 2.45) is 5.73 Å². The first-order valence-corrected chi connectivity index (χ1v) is 6.55. The van der Waals surface area contributed by atoms with Crippen LogP contribution in [-0.4, -0.2) is 17.9 Å². The van der Waals surface area contributed by atoms with Crippen molar-refractivity contribution in [2.75, 3.05) is 7.05 Å². The van der Waals surface area contributed by atoms with Gasteiger partial charge in [-0.3, -0.25) is 4.79 Å². The molecule has 0 aliphatic carbocycles. The highest BCUT2D eigenvalue weighted by atomic mass is 32.1. The molecule has 2 N–H and O–H groups in total. The van der Waals surface area contributed by atoms with Crippen LogP contribution >= 0.6 is 11.3 Å². The second kappa shape index (κ2) is 5.37. The monoisotopic (exact) mass is 264 g/mol. The number of thiophene rings is 1. The Kier molecular flexibility index (Phi) is 3.84. The van der Waals surface area contributed by atoms with Gasteiger partial charge in [-0.05, 0) is 30.5 Å². The molecular formula is C13H16N2O2S. The second-order valence-electron chi connectivity index (χ2n) is 4.20. The fourth-order valence-corrected chi connectivity index (χ4v) is 2.43. The molecule has 0 aliphatic rings. The Bertz CT molecular complexity index is 519. The smallest absolute Gasteiger partial charge is 0.245 e. The summed E-state index contributed by atoms with van der Waals surface area (Å²) in [6.45, 7) is 2.31. The van der Waals surface area contributed by atoms with Gasteiger partial charge in [-0.1, -0.05) is 6.07 Å². The lowest BCUT2D eigenvalue weighted by atomic mass is 10.2. The SMILES string of the molecule is Cc1ccc(CN(C)C(=O)C(N)c2cccs2)o1. The van der Waals surface area contributed by atoms with Gasteiger partial charge < -0.3 is 15.1 Å². The first kappa shape index (κ1) is 12.9. The third-order valence-electron chi connectivity index (χ3n) is 2.68. The molecule has 96 valence electrons. The van der Waals surface area contributed by atoms with Gasteiger partial charge in [-0.25, -0.2) is 0 Å². The third-order valence-corrected chi connectivity index (χ3v) is 3.64. The average molecular weight is 264 g/mol. The number of amides is 1. The van der Waals surface area contributed by atoms with E-state index in [0.717, 1.165) is 16.4 Å². The molecule has 1 unspecified atom stereocenters. The summed E-state index contributed by atoms with van der Waals surface area (Å²) < 4.78 is 5.44. The zero-order chi connectivity index (χ0) is 13.1. The fraction of sp³-hybridized carbons (Fsp3) is 0.308. The average Bonchev–Trinajstić information content (AvgIpc) is 2.98. The van der Waals surface area contributed by atoms with E-state index in [4.69, 9.17) is 10.2 Å². The third kappa shape index (κ3) is 2.80. The summed E-state index contributed by atoms with van der Waals surface area (Å²) in [7, 11) is 1.73. The van der Waals surface area contributed by atoms with Gasteiger partial charge in [-0.15, -0.1) is 11.3 Å².